The summed E-state index contributed by atoms with van der Waals surface area (Å²) in [5.41, 5.74) is 3.15. The molecular formula is C20H20F3N3O2. The first-order valence-corrected chi connectivity index (χ1v) is 8.70. The number of aryl methyl sites for hydroxylation is 1. The number of pyridine rings is 1. The maximum Gasteiger partial charge on any atom is 0.573 e. The van der Waals surface area contributed by atoms with E-state index < -0.39 is 12.5 Å². The third-order valence-electron chi connectivity index (χ3n) is 4.36. The van der Waals surface area contributed by atoms with Gasteiger partial charge in [-0.1, -0.05) is 6.07 Å². The van der Waals surface area contributed by atoms with E-state index in [9.17, 15) is 18.3 Å². The van der Waals surface area contributed by atoms with Gasteiger partial charge >= 0.3 is 6.36 Å². The Balaban J connectivity index is 1.93. The number of hydrogen-bond acceptors (Lipinski definition) is 5. The van der Waals surface area contributed by atoms with Gasteiger partial charge in [0.05, 0.1) is 12.6 Å². The highest BCUT2D eigenvalue weighted by atomic mass is 19.4. The summed E-state index contributed by atoms with van der Waals surface area (Å²) < 4.78 is 41.1. The molecule has 148 valence electrons. The minimum absolute atomic E-state index is 0.113. The molecule has 3 rings (SSSR count). The molecule has 1 unspecified atom stereocenters. The fourth-order valence-electron chi connectivity index (χ4n) is 3.00. The van der Waals surface area contributed by atoms with Crippen LogP contribution in [0.15, 0.2) is 53.7 Å². The second kappa shape index (κ2) is 8.02. The highest BCUT2D eigenvalue weighted by molar-refractivity contribution is 5.86. The lowest BCUT2D eigenvalue weighted by Crippen LogP contribution is -2.38. The van der Waals surface area contributed by atoms with Gasteiger partial charge in [0.1, 0.15) is 11.9 Å². The minimum atomic E-state index is -4.74. The average molecular weight is 391 g/mol. The first-order valence-electron chi connectivity index (χ1n) is 8.70. The maximum atomic E-state index is 12.4. The quantitative estimate of drug-likeness (QED) is 0.834. The van der Waals surface area contributed by atoms with E-state index >= 15 is 0 Å². The summed E-state index contributed by atoms with van der Waals surface area (Å²) in [5, 5.41) is 9.75. The lowest BCUT2D eigenvalue weighted by Gasteiger charge is -2.39. The normalized spacial score (nSPS) is 18.0. The van der Waals surface area contributed by atoms with E-state index in [1.54, 1.807) is 30.6 Å². The van der Waals surface area contributed by atoms with Gasteiger partial charge in [-0.15, -0.1) is 13.2 Å². The Morgan fingerprint density at radius 1 is 1.18 bits per heavy atom. The number of nitrogens with zero attached hydrogens (tertiary/aromatic N) is 3. The highest BCUT2D eigenvalue weighted by Crippen LogP contribution is 2.36. The van der Waals surface area contributed by atoms with Crippen LogP contribution >= 0.6 is 0 Å². The zero-order chi connectivity index (χ0) is 20.3. The fraction of sp³-hybridized carbons (Fsp3) is 0.300. The number of aliphatic imine (C=N–C) groups is 1. The number of alkyl halides is 3. The number of benzene rings is 1. The monoisotopic (exact) mass is 391 g/mol. The van der Waals surface area contributed by atoms with Gasteiger partial charge in [-0.3, -0.25) is 9.98 Å². The predicted octanol–water partition coefficient (Wildman–Crippen LogP) is 4.10. The van der Waals surface area contributed by atoms with Crippen molar-refractivity contribution in [3.05, 3.63) is 65.5 Å². The molecule has 0 bridgehead atoms. The molecule has 0 aliphatic carbocycles. The Morgan fingerprint density at radius 3 is 2.46 bits per heavy atom. The van der Waals surface area contributed by atoms with Gasteiger partial charge in [-0.2, -0.15) is 0 Å². The smallest absolute Gasteiger partial charge is 0.406 e. The second-order valence-electron chi connectivity index (χ2n) is 6.47. The third kappa shape index (κ3) is 4.51. The van der Waals surface area contributed by atoms with E-state index in [-0.39, 0.29) is 18.4 Å². The van der Waals surface area contributed by atoms with Crippen molar-refractivity contribution in [1.29, 1.82) is 0 Å². The van der Waals surface area contributed by atoms with Crippen molar-refractivity contribution in [2.45, 2.75) is 32.4 Å². The SMILES string of the molecule is Cc1ccc(C2N=CC=C(c3ccc(OC(F)(F)F)cc3)N2[C@@H](C)CO)cn1. The van der Waals surface area contributed by atoms with Crippen molar-refractivity contribution in [3.8, 4) is 5.75 Å². The minimum Gasteiger partial charge on any atom is -0.406 e. The lowest BCUT2D eigenvalue weighted by atomic mass is 10.0. The largest absolute Gasteiger partial charge is 0.573 e. The van der Waals surface area contributed by atoms with E-state index in [1.165, 1.54) is 12.1 Å². The van der Waals surface area contributed by atoms with E-state index in [0.29, 0.717) is 5.56 Å². The topological polar surface area (TPSA) is 58.0 Å². The molecular weight excluding hydrogens is 371 g/mol. The van der Waals surface area contributed by atoms with Crippen LogP contribution in [0.25, 0.3) is 5.70 Å². The summed E-state index contributed by atoms with van der Waals surface area (Å²) >= 11 is 0. The first kappa shape index (κ1) is 19.9. The van der Waals surface area contributed by atoms with Gasteiger partial charge in [0.25, 0.3) is 0 Å². The molecule has 5 nitrogen and oxygen atoms in total. The summed E-state index contributed by atoms with van der Waals surface area (Å²) in [6.07, 6.45) is 0.0165. The van der Waals surface area contributed by atoms with Crippen molar-refractivity contribution in [2.24, 2.45) is 4.99 Å². The van der Waals surface area contributed by atoms with E-state index in [4.69, 9.17) is 0 Å². The molecule has 28 heavy (non-hydrogen) atoms. The Kier molecular flexibility index (Phi) is 5.69. The average Bonchev–Trinajstić information content (AvgIpc) is 2.67. The molecule has 0 saturated heterocycles. The van der Waals surface area contributed by atoms with Crippen LogP contribution in [0.2, 0.25) is 0 Å². The van der Waals surface area contributed by atoms with Crippen molar-refractivity contribution in [3.63, 3.8) is 0 Å². The number of aliphatic hydroxyl groups is 1. The zero-order valence-corrected chi connectivity index (χ0v) is 15.4. The van der Waals surface area contributed by atoms with Crippen molar-refractivity contribution in [2.75, 3.05) is 6.61 Å². The molecule has 0 saturated carbocycles. The number of rotatable bonds is 5. The number of ether oxygens (including phenoxy) is 1. The molecule has 0 spiro atoms. The molecule has 2 heterocycles. The molecule has 2 atom stereocenters. The van der Waals surface area contributed by atoms with Gasteiger partial charge < -0.3 is 14.7 Å². The molecule has 0 amide bonds. The van der Waals surface area contributed by atoms with Crippen LogP contribution in [0.1, 0.15) is 29.9 Å². The Morgan fingerprint density at radius 2 is 1.89 bits per heavy atom. The molecule has 1 N–H and O–H groups in total. The third-order valence-corrected chi connectivity index (χ3v) is 4.36. The molecule has 1 aliphatic rings. The lowest BCUT2D eigenvalue weighted by molar-refractivity contribution is -0.274. The number of aliphatic hydroxyl groups excluding tert-OH is 1. The van der Waals surface area contributed by atoms with Gasteiger partial charge in [0, 0.05) is 29.4 Å². The Labute approximate surface area is 160 Å². The zero-order valence-electron chi connectivity index (χ0n) is 15.4. The van der Waals surface area contributed by atoms with Crippen LogP contribution in [0.5, 0.6) is 5.75 Å². The number of aromatic nitrogens is 1. The summed E-state index contributed by atoms with van der Waals surface area (Å²) in [7, 11) is 0. The van der Waals surface area contributed by atoms with E-state index in [2.05, 4.69) is 14.7 Å². The Hall–Kier alpha value is -2.87. The van der Waals surface area contributed by atoms with E-state index in [1.807, 2.05) is 30.9 Å². The molecule has 1 aromatic heterocycles. The molecule has 1 aromatic carbocycles. The van der Waals surface area contributed by atoms with Crippen LogP contribution in [-0.4, -0.2) is 40.2 Å². The first-order chi connectivity index (χ1) is 13.3. The molecule has 2 aromatic rings. The maximum absolute atomic E-state index is 12.4. The summed E-state index contributed by atoms with van der Waals surface area (Å²) in [6.45, 7) is 3.63. The van der Waals surface area contributed by atoms with Gasteiger partial charge in [-0.25, -0.2) is 0 Å². The van der Waals surface area contributed by atoms with Crippen LogP contribution in [0.4, 0.5) is 13.2 Å². The van der Waals surface area contributed by atoms with Gasteiger partial charge in [-0.05, 0) is 55.8 Å². The van der Waals surface area contributed by atoms with Crippen molar-refractivity contribution >= 4 is 11.9 Å². The van der Waals surface area contributed by atoms with Crippen molar-refractivity contribution < 1.29 is 23.0 Å². The highest BCUT2D eigenvalue weighted by Gasteiger charge is 2.32. The van der Waals surface area contributed by atoms with Crippen LogP contribution in [0.3, 0.4) is 0 Å². The van der Waals surface area contributed by atoms with Gasteiger partial charge in [0.15, 0.2) is 0 Å². The molecule has 0 fully saturated rings. The molecule has 1 aliphatic heterocycles. The number of hydrogen-bond donors (Lipinski definition) is 1. The number of halogens is 3. The van der Waals surface area contributed by atoms with Crippen LogP contribution in [-0.2, 0) is 0 Å². The molecule has 8 heteroatoms. The van der Waals surface area contributed by atoms with Crippen LogP contribution < -0.4 is 4.74 Å². The van der Waals surface area contributed by atoms with Crippen molar-refractivity contribution in [1.82, 2.24) is 9.88 Å². The number of allylic oxidation sites excluding steroid dienone is 1. The second-order valence-corrected chi connectivity index (χ2v) is 6.47. The summed E-state index contributed by atoms with van der Waals surface area (Å²) in [6, 6.07) is 9.15. The van der Waals surface area contributed by atoms with E-state index in [0.717, 1.165) is 17.0 Å². The summed E-state index contributed by atoms with van der Waals surface area (Å²) in [5.74, 6) is -0.289. The fourth-order valence-corrected chi connectivity index (χ4v) is 3.00. The standard InChI is InChI=1S/C20H20F3N3O2/c1-13-3-4-16(11-25-13)19-24-10-9-18(26(19)14(2)12-27)15-5-7-17(8-6-15)28-20(21,22)23/h3-11,14,19,27H,12H2,1-2H3/t14-,19?/m0/s1. The van der Waals surface area contributed by atoms with Gasteiger partial charge in [0.2, 0.25) is 0 Å². The summed E-state index contributed by atoms with van der Waals surface area (Å²) in [4.78, 5) is 10.8. The predicted molar refractivity (Wildman–Crippen MR) is 99.7 cm³/mol. The Bertz CT molecular complexity index is 862. The van der Waals surface area contributed by atoms with Crippen LogP contribution in [0, 0.1) is 6.92 Å². The molecule has 0 radical (unpaired) electrons.